The van der Waals surface area contributed by atoms with Crippen molar-refractivity contribution in [3.8, 4) is 5.75 Å². The van der Waals surface area contributed by atoms with E-state index in [-0.39, 0.29) is 40.1 Å². The molecule has 0 bridgehead atoms. The Morgan fingerprint density at radius 3 is 2.53 bits per heavy atom. The van der Waals surface area contributed by atoms with E-state index >= 15 is 0 Å². The van der Waals surface area contributed by atoms with Gasteiger partial charge in [-0.3, -0.25) is 0 Å². The maximum absolute atomic E-state index is 10.8. The second kappa shape index (κ2) is 6.00. The van der Waals surface area contributed by atoms with E-state index in [1.807, 2.05) is 0 Å². The van der Waals surface area contributed by atoms with E-state index in [0.717, 1.165) is 5.39 Å². The van der Waals surface area contributed by atoms with Crippen LogP contribution in [0.15, 0.2) is 39.5 Å². The topological polar surface area (TPSA) is 63.2 Å². The van der Waals surface area contributed by atoms with Gasteiger partial charge in [-0.1, -0.05) is 0 Å². The van der Waals surface area contributed by atoms with Crippen molar-refractivity contribution >= 4 is 11.0 Å². The third-order valence-corrected chi connectivity index (χ3v) is 1.71. The second-order valence-corrected chi connectivity index (χ2v) is 2.56. The minimum Gasteiger partial charge on any atom is -0.590 e. The molecule has 1 aromatic heterocycles. The van der Waals surface area contributed by atoms with Gasteiger partial charge >= 0.3 is 38.3 Å². The van der Waals surface area contributed by atoms with E-state index in [1.165, 1.54) is 12.1 Å². The van der Waals surface area contributed by atoms with Crippen molar-refractivity contribution in [1.29, 1.82) is 0 Å². The van der Waals surface area contributed by atoms with Crippen LogP contribution in [0.4, 0.5) is 0 Å². The van der Waals surface area contributed by atoms with Crippen LogP contribution in [0.2, 0.25) is 0 Å². The average Bonchev–Trinajstić information content (AvgIpc) is 2.16. The maximum atomic E-state index is 10.8. The Kier molecular flexibility index (Phi) is 5.72. The number of hydrogen-bond acceptors (Lipinski definition) is 3. The van der Waals surface area contributed by atoms with Crippen LogP contribution < -0.4 is 10.5 Å². The van der Waals surface area contributed by atoms with E-state index in [4.69, 9.17) is 10.3 Å². The van der Waals surface area contributed by atoms with E-state index in [9.17, 15) is 4.79 Å². The van der Waals surface area contributed by atoms with Crippen molar-refractivity contribution in [3.63, 3.8) is 0 Å². The molecule has 0 saturated heterocycles. The van der Waals surface area contributed by atoms with E-state index in [2.05, 4.69) is 4.84 Å². The molecule has 2 aromatic rings. The molecular formula is C10H9NO3Y+. The van der Waals surface area contributed by atoms with E-state index in [0.29, 0.717) is 11.3 Å². The molecular weight excluding hydrogens is 271 g/mol. The van der Waals surface area contributed by atoms with Crippen molar-refractivity contribution < 1.29 is 42.0 Å². The molecule has 0 spiro atoms. The SMILES string of the molecule is [CH3-].[NH-]Oc1ccc2ccc(=O)oc2c1.[Y+3]. The summed E-state index contributed by atoms with van der Waals surface area (Å²) < 4.78 is 4.89. The number of hydrogen-bond donors (Lipinski definition) is 0. The summed E-state index contributed by atoms with van der Waals surface area (Å²) in [5.41, 5.74) is 0.0203. The zero-order valence-electron chi connectivity index (χ0n) is 8.19. The third kappa shape index (κ3) is 3.13. The Morgan fingerprint density at radius 1 is 1.20 bits per heavy atom. The molecule has 5 heteroatoms. The van der Waals surface area contributed by atoms with Gasteiger partial charge in [0.1, 0.15) is 11.3 Å². The van der Waals surface area contributed by atoms with Gasteiger partial charge in [0.2, 0.25) is 0 Å². The van der Waals surface area contributed by atoms with E-state index < -0.39 is 5.63 Å². The molecule has 0 saturated carbocycles. The zero-order chi connectivity index (χ0) is 9.26. The predicted octanol–water partition coefficient (Wildman–Crippen LogP) is 2.59. The Bertz CT molecular complexity index is 495. The van der Waals surface area contributed by atoms with Crippen LogP contribution in [0.3, 0.4) is 0 Å². The first kappa shape index (κ1) is 14.3. The molecule has 0 fully saturated rings. The standard InChI is InChI=1S/C9H6NO3.CH3.Y/c10-13-7-3-1-6-2-4-9(11)12-8(6)5-7;;/h1-5,10H;1H3;/q2*-1;+3. The van der Waals surface area contributed by atoms with Crippen LogP contribution in [0.25, 0.3) is 16.9 Å². The van der Waals surface area contributed by atoms with Gasteiger partial charge in [0, 0.05) is 17.5 Å². The number of benzene rings is 1. The van der Waals surface area contributed by atoms with Crippen LogP contribution in [-0.2, 0) is 32.7 Å². The summed E-state index contributed by atoms with van der Waals surface area (Å²) in [6.45, 7) is 0. The summed E-state index contributed by atoms with van der Waals surface area (Å²) in [5.74, 6) is 7.00. The van der Waals surface area contributed by atoms with Crippen LogP contribution in [0.5, 0.6) is 5.75 Å². The predicted molar refractivity (Wildman–Crippen MR) is 53.8 cm³/mol. The Labute approximate surface area is 112 Å². The Morgan fingerprint density at radius 2 is 1.87 bits per heavy atom. The second-order valence-electron chi connectivity index (χ2n) is 2.56. The van der Waals surface area contributed by atoms with Crippen molar-refractivity contribution in [2.24, 2.45) is 0 Å². The molecule has 4 nitrogen and oxygen atoms in total. The Balaban J connectivity index is 0.000000980. The molecule has 1 N–H and O–H groups in total. The van der Waals surface area contributed by atoms with Crippen molar-refractivity contribution in [1.82, 2.24) is 0 Å². The molecule has 0 amide bonds. The summed E-state index contributed by atoms with van der Waals surface area (Å²) >= 11 is 0. The fourth-order valence-electron chi connectivity index (χ4n) is 1.10. The maximum Gasteiger partial charge on any atom is 3.00 e. The van der Waals surface area contributed by atoms with Crippen LogP contribution in [0.1, 0.15) is 0 Å². The quantitative estimate of drug-likeness (QED) is 0.458. The first-order valence-corrected chi connectivity index (χ1v) is 3.67. The summed E-state index contributed by atoms with van der Waals surface area (Å²) in [5, 5.41) is 0.806. The largest absolute Gasteiger partial charge is 3.00 e. The summed E-state index contributed by atoms with van der Waals surface area (Å²) in [4.78, 5) is 15.1. The summed E-state index contributed by atoms with van der Waals surface area (Å²) in [6.07, 6.45) is 0. The van der Waals surface area contributed by atoms with Gasteiger partial charge in [-0.25, -0.2) is 4.79 Å². The molecule has 1 heterocycles. The van der Waals surface area contributed by atoms with Gasteiger partial charge < -0.3 is 22.6 Å². The Hall–Kier alpha value is -0.706. The molecule has 0 unspecified atom stereocenters. The summed E-state index contributed by atoms with van der Waals surface area (Å²) in [6, 6.07) is 7.87. The van der Waals surface area contributed by atoms with Gasteiger partial charge in [-0.05, 0) is 18.2 Å². The fourth-order valence-corrected chi connectivity index (χ4v) is 1.10. The zero-order valence-corrected chi connectivity index (χ0v) is 11.0. The monoisotopic (exact) mass is 280 g/mol. The van der Waals surface area contributed by atoms with Gasteiger partial charge in [0.15, 0.2) is 0 Å². The van der Waals surface area contributed by atoms with Gasteiger partial charge in [-0.15, -0.1) is 0 Å². The van der Waals surface area contributed by atoms with Gasteiger partial charge in [-0.2, -0.15) is 0 Å². The number of fused-ring (bicyclic) bond motifs is 1. The van der Waals surface area contributed by atoms with Crippen molar-refractivity contribution in [2.45, 2.75) is 0 Å². The molecule has 15 heavy (non-hydrogen) atoms. The molecule has 0 aliphatic heterocycles. The number of nitrogens with one attached hydrogen (secondary N) is 1. The third-order valence-electron chi connectivity index (χ3n) is 1.71. The van der Waals surface area contributed by atoms with Crippen molar-refractivity contribution in [2.75, 3.05) is 0 Å². The van der Waals surface area contributed by atoms with E-state index in [1.54, 1.807) is 18.2 Å². The van der Waals surface area contributed by atoms with Gasteiger partial charge in [0.05, 0.1) is 0 Å². The normalized spacial score (nSPS) is 8.87. The minimum absolute atomic E-state index is 0. The molecule has 0 radical (unpaired) electrons. The molecule has 74 valence electrons. The molecule has 0 aliphatic carbocycles. The van der Waals surface area contributed by atoms with Gasteiger partial charge in [0.25, 0.3) is 0 Å². The molecule has 0 aliphatic rings. The van der Waals surface area contributed by atoms with Crippen LogP contribution in [-0.4, -0.2) is 0 Å². The molecule has 2 rings (SSSR count). The first-order valence-electron chi connectivity index (χ1n) is 3.67. The van der Waals surface area contributed by atoms with Crippen molar-refractivity contribution in [3.05, 3.63) is 54.1 Å². The summed E-state index contributed by atoms with van der Waals surface area (Å²) in [7, 11) is 0. The molecule has 0 atom stereocenters. The van der Waals surface area contributed by atoms with Crippen LogP contribution >= 0.6 is 0 Å². The minimum atomic E-state index is -0.408. The number of rotatable bonds is 1. The smallest absolute Gasteiger partial charge is 0.590 e. The first-order chi connectivity index (χ1) is 6.29. The molecule has 1 aromatic carbocycles. The van der Waals surface area contributed by atoms with Crippen LogP contribution in [0, 0.1) is 7.43 Å². The average molecular weight is 280 g/mol. The fraction of sp³-hybridized carbons (Fsp3) is 0.